The Bertz CT molecular complexity index is 414. The maximum Gasteiger partial charge on any atom is 0.228 e. The van der Waals surface area contributed by atoms with Gasteiger partial charge in [-0.1, -0.05) is 26.7 Å². The van der Waals surface area contributed by atoms with Gasteiger partial charge >= 0.3 is 0 Å². The average molecular weight is 296 g/mol. The Balaban J connectivity index is 1.72. The van der Waals surface area contributed by atoms with Crippen LogP contribution < -0.4 is 5.32 Å². The van der Waals surface area contributed by atoms with E-state index in [1.54, 1.807) is 11.9 Å². The molecule has 2 fully saturated rings. The maximum absolute atomic E-state index is 12.3. The third-order valence-electron chi connectivity index (χ3n) is 5.31. The molecule has 2 rings (SSSR count). The van der Waals surface area contributed by atoms with Crippen LogP contribution in [0.1, 0.15) is 52.4 Å². The molecule has 2 aliphatic carbocycles. The molecule has 0 aromatic carbocycles. The van der Waals surface area contributed by atoms with Crippen LogP contribution in [-0.4, -0.2) is 48.1 Å². The van der Waals surface area contributed by atoms with Crippen molar-refractivity contribution in [1.82, 2.24) is 10.2 Å². The van der Waals surface area contributed by atoms with Gasteiger partial charge in [0.1, 0.15) is 0 Å². The molecule has 0 heterocycles. The number of rotatable bonds is 6. The number of hydrogen-bond donors (Lipinski definition) is 2. The summed E-state index contributed by atoms with van der Waals surface area (Å²) in [5, 5.41) is 12.8. The Morgan fingerprint density at radius 3 is 2.10 bits per heavy atom. The highest BCUT2D eigenvalue weighted by Crippen LogP contribution is 2.42. The molecular formula is C16H28N2O3. The van der Waals surface area contributed by atoms with Crippen molar-refractivity contribution in [2.45, 2.75) is 58.5 Å². The standard InChI is InChI=1S/C16H28N2O3/c1-15(6-4-7-15)13(20)17-10-12(19)11-18(3)14(21)16(2)8-5-9-16/h12,19H,4-11H2,1-3H3,(H,17,20)/t12-/m0/s1. The van der Waals surface area contributed by atoms with Crippen LogP contribution in [0.25, 0.3) is 0 Å². The summed E-state index contributed by atoms with van der Waals surface area (Å²) in [6.45, 7) is 4.43. The second-order valence-electron chi connectivity index (χ2n) is 7.38. The van der Waals surface area contributed by atoms with Crippen molar-refractivity contribution in [3.8, 4) is 0 Å². The molecule has 2 N–H and O–H groups in total. The molecule has 2 aliphatic rings. The van der Waals surface area contributed by atoms with E-state index in [9.17, 15) is 14.7 Å². The van der Waals surface area contributed by atoms with Crippen LogP contribution in [0.15, 0.2) is 0 Å². The van der Waals surface area contributed by atoms with Gasteiger partial charge in [0.2, 0.25) is 11.8 Å². The number of nitrogens with one attached hydrogen (secondary N) is 1. The van der Waals surface area contributed by atoms with Gasteiger partial charge in [-0.2, -0.15) is 0 Å². The largest absolute Gasteiger partial charge is 0.389 e. The van der Waals surface area contributed by atoms with Crippen molar-refractivity contribution in [3.63, 3.8) is 0 Å². The van der Waals surface area contributed by atoms with E-state index in [4.69, 9.17) is 0 Å². The number of amides is 2. The van der Waals surface area contributed by atoms with E-state index in [-0.39, 0.29) is 35.7 Å². The molecule has 0 spiro atoms. The zero-order chi connectivity index (χ0) is 15.7. The summed E-state index contributed by atoms with van der Waals surface area (Å²) in [7, 11) is 1.73. The molecule has 1 atom stereocenters. The normalized spacial score (nSPS) is 23.4. The van der Waals surface area contributed by atoms with E-state index in [1.807, 2.05) is 13.8 Å². The second-order valence-corrected chi connectivity index (χ2v) is 7.38. The second kappa shape index (κ2) is 5.95. The zero-order valence-corrected chi connectivity index (χ0v) is 13.4. The summed E-state index contributed by atoms with van der Waals surface area (Å²) in [6, 6.07) is 0. The molecule has 0 unspecified atom stereocenters. The highest BCUT2D eigenvalue weighted by Gasteiger charge is 2.41. The highest BCUT2D eigenvalue weighted by molar-refractivity contribution is 5.83. The quantitative estimate of drug-likeness (QED) is 0.776. The van der Waals surface area contributed by atoms with Gasteiger partial charge in [-0.3, -0.25) is 9.59 Å². The average Bonchev–Trinajstić information content (AvgIpc) is 2.38. The van der Waals surface area contributed by atoms with Crippen molar-refractivity contribution in [3.05, 3.63) is 0 Å². The topological polar surface area (TPSA) is 69.6 Å². The number of aliphatic hydroxyl groups is 1. The predicted octanol–water partition coefficient (Wildman–Crippen LogP) is 1.30. The van der Waals surface area contributed by atoms with E-state index in [0.717, 1.165) is 38.5 Å². The van der Waals surface area contributed by atoms with Gasteiger partial charge in [0.25, 0.3) is 0 Å². The van der Waals surface area contributed by atoms with Crippen LogP contribution in [-0.2, 0) is 9.59 Å². The molecule has 0 saturated heterocycles. The fourth-order valence-electron chi connectivity index (χ4n) is 3.20. The van der Waals surface area contributed by atoms with Gasteiger partial charge < -0.3 is 15.3 Å². The minimum absolute atomic E-state index is 0.0211. The molecule has 5 nitrogen and oxygen atoms in total. The smallest absolute Gasteiger partial charge is 0.228 e. The molecule has 2 saturated carbocycles. The Morgan fingerprint density at radius 1 is 1.14 bits per heavy atom. The van der Waals surface area contributed by atoms with Crippen molar-refractivity contribution in [2.75, 3.05) is 20.1 Å². The lowest BCUT2D eigenvalue weighted by Crippen LogP contribution is -2.50. The van der Waals surface area contributed by atoms with Crippen molar-refractivity contribution in [2.24, 2.45) is 10.8 Å². The maximum atomic E-state index is 12.3. The Hall–Kier alpha value is -1.10. The first kappa shape index (κ1) is 16.3. The Kier molecular flexibility index (Phi) is 4.61. The molecule has 0 bridgehead atoms. The molecule has 5 heteroatoms. The van der Waals surface area contributed by atoms with Crippen LogP contribution in [0.5, 0.6) is 0 Å². The fraction of sp³-hybridized carbons (Fsp3) is 0.875. The van der Waals surface area contributed by atoms with Gasteiger partial charge in [-0.05, 0) is 25.7 Å². The molecule has 0 aliphatic heterocycles. The third kappa shape index (κ3) is 3.39. The van der Waals surface area contributed by atoms with Gasteiger partial charge in [-0.15, -0.1) is 0 Å². The lowest BCUT2D eigenvalue weighted by atomic mass is 9.69. The predicted molar refractivity (Wildman–Crippen MR) is 80.6 cm³/mol. The SMILES string of the molecule is CN(C[C@@H](O)CNC(=O)C1(C)CCC1)C(=O)C1(C)CCC1. The monoisotopic (exact) mass is 296 g/mol. The van der Waals surface area contributed by atoms with Gasteiger partial charge in [0.15, 0.2) is 0 Å². The summed E-state index contributed by atoms with van der Waals surface area (Å²) in [4.78, 5) is 25.8. The van der Waals surface area contributed by atoms with Gasteiger partial charge in [0.05, 0.1) is 6.10 Å². The van der Waals surface area contributed by atoms with E-state index >= 15 is 0 Å². The number of carbonyl (C=O) groups excluding carboxylic acids is 2. The first-order chi connectivity index (χ1) is 9.77. The minimum Gasteiger partial charge on any atom is -0.389 e. The Morgan fingerprint density at radius 2 is 1.67 bits per heavy atom. The van der Waals surface area contributed by atoms with Gasteiger partial charge in [0, 0.05) is 31.0 Å². The molecule has 0 radical (unpaired) electrons. The summed E-state index contributed by atoms with van der Waals surface area (Å²) in [5.41, 5.74) is -0.488. The lowest BCUT2D eigenvalue weighted by molar-refractivity contribution is -0.145. The number of hydrogen-bond acceptors (Lipinski definition) is 3. The van der Waals surface area contributed by atoms with E-state index in [1.165, 1.54) is 0 Å². The van der Waals surface area contributed by atoms with Crippen LogP contribution in [0.3, 0.4) is 0 Å². The van der Waals surface area contributed by atoms with E-state index in [0.29, 0.717) is 0 Å². The van der Waals surface area contributed by atoms with E-state index < -0.39 is 6.10 Å². The minimum atomic E-state index is -0.713. The summed E-state index contributed by atoms with van der Waals surface area (Å²) >= 11 is 0. The van der Waals surface area contributed by atoms with Crippen LogP contribution in [0.4, 0.5) is 0 Å². The molecule has 120 valence electrons. The third-order valence-corrected chi connectivity index (χ3v) is 5.31. The Labute approximate surface area is 127 Å². The van der Waals surface area contributed by atoms with Crippen molar-refractivity contribution < 1.29 is 14.7 Å². The van der Waals surface area contributed by atoms with Crippen molar-refractivity contribution in [1.29, 1.82) is 0 Å². The summed E-state index contributed by atoms with van der Waals surface area (Å²) in [6.07, 6.45) is 5.20. The summed E-state index contributed by atoms with van der Waals surface area (Å²) < 4.78 is 0. The fourth-order valence-corrected chi connectivity index (χ4v) is 3.20. The highest BCUT2D eigenvalue weighted by atomic mass is 16.3. The first-order valence-electron chi connectivity index (χ1n) is 7.99. The molecular weight excluding hydrogens is 268 g/mol. The number of carbonyl (C=O) groups is 2. The number of aliphatic hydroxyl groups excluding tert-OH is 1. The van der Waals surface area contributed by atoms with Crippen LogP contribution in [0, 0.1) is 10.8 Å². The molecule has 0 aromatic heterocycles. The van der Waals surface area contributed by atoms with Crippen LogP contribution >= 0.6 is 0 Å². The van der Waals surface area contributed by atoms with Gasteiger partial charge in [-0.25, -0.2) is 0 Å². The zero-order valence-electron chi connectivity index (χ0n) is 13.4. The van der Waals surface area contributed by atoms with E-state index in [2.05, 4.69) is 5.32 Å². The number of likely N-dealkylation sites (N-methyl/N-ethyl adjacent to an activating group) is 1. The van der Waals surface area contributed by atoms with Crippen molar-refractivity contribution >= 4 is 11.8 Å². The van der Waals surface area contributed by atoms with Crippen LogP contribution in [0.2, 0.25) is 0 Å². The number of nitrogens with zero attached hydrogens (tertiary/aromatic N) is 1. The summed E-state index contributed by atoms with van der Waals surface area (Å²) in [5.74, 6) is 0.123. The lowest BCUT2D eigenvalue weighted by Gasteiger charge is -2.40. The molecule has 0 aromatic rings. The molecule has 2 amide bonds. The first-order valence-corrected chi connectivity index (χ1v) is 7.99. The molecule has 21 heavy (non-hydrogen) atoms.